The van der Waals surface area contributed by atoms with Crippen molar-refractivity contribution in [2.45, 2.75) is 25.7 Å². The summed E-state index contributed by atoms with van der Waals surface area (Å²) in [5, 5.41) is 6.81. The van der Waals surface area contributed by atoms with E-state index in [0.29, 0.717) is 37.0 Å². The summed E-state index contributed by atoms with van der Waals surface area (Å²) in [5.41, 5.74) is 0.814. The molecule has 0 saturated carbocycles. The van der Waals surface area contributed by atoms with Gasteiger partial charge in [-0.3, -0.25) is 9.78 Å². The number of hydrogen-bond acceptors (Lipinski definition) is 5. The van der Waals surface area contributed by atoms with Crippen LogP contribution >= 0.6 is 0 Å². The molecule has 22 heavy (non-hydrogen) atoms. The van der Waals surface area contributed by atoms with Crippen molar-refractivity contribution in [3.05, 3.63) is 42.6 Å². The van der Waals surface area contributed by atoms with E-state index in [-0.39, 0.29) is 5.91 Å². The number of allylic oxidation sites excluding steroid dienone is 2. The van der Waals surface area contributed by atoms with Gasteiger partial charge in [0, 0.05) is 37.3 Å². The normalized spacial score (nSPS) is 16.8. The van der Waals surface area contributed by atoms with Gasteiger partial charge in [0.25, 0.3) is 0 Å². The average Bonchev–Trinajstić information content (AvgIpc) is 3.20. The Morgan fingerprint density at radius 1 is 1.45 bits per heavy atom. The average molecular weight is 298 g/mol. The summed E-state index contributed by atoms with van der Waals surface area (Å²) < 4.78 is 5.18. The van der Waals surface area contributed by atoms with Crippen LogP contribution in [0.4, 0.5) is 0 Å². The second kappa shape index (κ2) is 6.98. The van der Waals surface area contributed by atoms with E-state index in [1.54, 1.807) is 12.4 Å². The molecule has 0 saturated heterocycles. The fourth-order valence-corrected chi connectivity index (χ4v) is 2.45. The van der Waals surface area contributed by atoms with Crippen molar-refractivity contribution in [3.8, 4) is 11.4 Å². The van der Waals surface area contributed by atoms with Gasteiger partial charge in [-0.15, -0.1) is 0 Å². The highest BCUT2D eigenvalue weighted by molar-refractivity contribution is 5.76. The second-order valence-corrected chi connectivity index (χ2v) is 5.32. The number of aromatic nitrogens is 3. The first kappa shape index (κ1) is 14.4. The van der Waals surface area contributed by atoms with Gasteiger partial charge in [0.1, 0.15) is 0 Å². The van der Waals surface area contributed by atoms with E-state index in [0.717, 1.165) is 18.4 Å². The molecule has 2 aromatic heterocycles. The van der Waals surface area contributed by atoms with Crippen LogP contribution in [0, 0.1) is 5.92 Å². The topological polar surface area (TPSA) is 80.9 Å². The van der Waals surface area contributed by atoms with Gasteiger partial charge in [-0.05, 0) is 30.9 Å². The number of rotatable bonds is 6. The predicted octanol–water partition coefficient (Wildman–Crippen LogP) is 2.15. The third-order valence-corrected chi connectivity index (χ3v) is 3.61. The molecule has 3 rings (SSSR count). The molecule has 0 unspecified atom stereocenters. The highest BCUT2D eigenvalue weighted by Crippen LogP contribution is 2.20. The third kappa shape index (κ3) is 3.78. The van der Waals surface area contributed by atoms with E-state index in [4.69, 9.17) is 4.52 Å². The first-order valence-corrected chi connectivity index (χ1v) is 7.47. The van der Waals surface area contributed by atoms with E-state index in [1.165, 1.54) is 0 Å². The zero-order chi connectivity index (χ0) is 15.2. The molecule has 1 aliphatic carbocycles. The summed E-state index contributed by atoms with van der Waals surface area (Å²) in [5.74, 6) is 1.49. The van der Waals surface area contributed by atoms with Gasteiger partial charge >= 0.3 is 0 Å². The minimum absolute atomic E-state index is 0.0727. The van der Waals surface area contributed by atoms with Crippen LogP contribution in [0.5, 0.6) is 0 Å². The fraction of sp³-hybridized carbons (Fsp3) is 0.375. The van der Waals surface area contributed by atoms with Gasteiger partial charge in [0.2, 0.25) is 17.6 Å². The molecule has 0 spiro atoms. The first-order chi connectivity index (χ1) is 10.8. The van der Waals surface area contributed by atoms with Crippen LogP contribution in [0.15, 0.2) is 41.2 Å². The van der Waals surface area contributed by atoms with Crippen LogP contribution in [0.25, 0.3) is 11.4 Å². The molecule has 0 radical (unpaired) electrons. The Labute approximate surface area is 128 Å². The molecule has 1 N–H and O–H groups in total. The van der Waals surface area contributed by atoms with Gasteiger partial charge in [-0.2, -0.15) is 4.98 Å². The van der Waals surface area contributed by atoms with E-state index < -0.39 is 0 Å². The Morgan fingerprint density at radius 3 is 3.18 bits per heavy atom. The van der Waals surface area contributed by atoms with E-state index >= 15 is 0 Å². The highest BCUT2D eigenvalue weighted by atomic mass is 16.5. The smallest absolute Gasteiger partial charge is 0.228 e. The Morgan fingerprint density at radius 2 is 2.41 bits per heavy atom. The van der Waals surface area contributed by atoms with Crippen molar-refractivity contribution >= 4 is 5.91 Å². The molecule has 0 fully saturated rings. The lowest BCUT2D eigenvalue weighted by Crippen LogP contribution is -2.27. The van der Waals surface area contributed by atoms with Crippen LogP contribution in [0.2, 0.25) is 0 Å². The van der Waals surface area contributed by atoms with Crippen LogP contribution in [0.1, 0.15) is 25.2 Å². The zero-order valence-electron chi connectivity index (χ0n) is 12.2. The number of carbonyl (C=O) groups excluding carboxylic acids is 1. The standard InChI is InChI=1S/C16H18N4O2/c21-14(10-12-4-1-2-5-12)18-9-7-15-19-16(20-22-15)13-6-3-8-17-11-13/h1,3-4,6,8,11-12H,2,5,7,9-10H2,(H,18,21)/t12-/m1/s1. The van der Waals surface area contributed by atoms with Gasteiger partial charge in [0.15, 0.2) is 0 Å². The van der Waals surface area contributed by atoms with E-state index in [1.807, 2.05) is 12.1 Å². The molecule has 6 nitrogen and oxygen atoms in total. The first-order valence-electron chi connectivity index (χ1n) is 7.47. The molecule has 1 aliphatic rings. The Hall–Kier alpha value is -2.50. The summed E-state index contributed by atoms with van der Waals surface area (Å²) in [6.45, 7) is 0.504. The number of amides is 1. The van der Waals surface area contributed by atoms with Gasteiger partial charge in [-0.1, -0.05) is 17.3 Å². The van der Waals surface area contributed by atoms with Crippen LogP contribution in [-0.4, -0.2) is 27.6 Å². The van der Waals surface area contributed by atoms with Crippen LogP contribution in [0.3, 0.4) is 0 Å². The van der Waals surface area contributed by atoms with Crippen molar-refractivity contribution in [3.63, 3.8) is 0 Å². The molecular formula is C16H18N4O2. The zero-order valence-corrected chi connectivity index (χ0v) is 12.2. The molecule has 2 heterocycles. The lowest BCUT2D eigenvalue weighted by atomic mass is 10.1. The van der Waals surface area contributed by atoms with Crippen molar-refractivity contribution in [2.75, 3.05) is 6.54 Å². The maximum atomic E-state index is 11.8. The van der Waals surface area contributed by atoms with Crippen LogP contribution in [-0.2, 0) is 11.2 Å². The molecular weight excluding hydrogens is 280 g/mol. The Balaban J connectivity index is 1.45. The van der Waals surface area contributed by atoms with Crippen molar-refractivity contribution < 1.29 is 9.32 Å². The molecule has 1 atom stereocenters. The predicted molar refractivity (Wildman–Crippen MR) is 80.7 cm³/mol. The van der Waals surface area contributed by atoms with Gasteiger partial charge < -0.3 is 9.84 Å². The summed E-state index contributed by atoms with van der Waals surface area (Å²) >= 11 is 0. The minimum atomic E-state index is 0.0727. The highest BCUT2D eigenvalue weighted by Gasteiger charge is 2.14. The van der Waals surface area contributed by atoms with Crippen LogP contribution < -0.4 is 5.32 Å². The van der Waals surface area contributed by atoms with Gasteiger partial charge in [-0.25, -0.2) is 0 Å². The largest absolute Gasteiger partial charge is 0.356 e. The molecule has 0 aromatic carbocycles. The molecule has 2 aromatic rings. The quantitative estimate of drug-likeness (QED) is 0.826. The number of nitrogens with zero attached hydrogens (tertiary/aromatic N) is 3. The molecule has 6 heteroatoms. The fourth-order valence-electron chi connectivity index (χ4n) is 2.45. The maximum Gasteiger partial charge on any atom is 0.228 e. The summed E-state index contributed by atoms with van der Waals surface area (Å²) in [7, 11) is 0. The number of nitrogens with one attached hydrogen (secondary N) is 1. The Kier molecular flexibility index (Phi) is 4.58. The summed E-state index contributed by atoms with van der Waals surface area (Å²) in [6.07, 6.45) is 10.9. The number of carbonyl (C=O) groups is 1. The maximum absolute atomic E-state index is 11.8. The van der Waals surface area contributed by atoms with Crippen molar-refractivity contribution in [1.82, 2.24) is 20.4 Å². The Bertz CT molecular complexity index is 651. The van der Waals surface area contributed by atoms with Gasteiger partial charge in [0.05, 0.1) is 0 Å². The molecule has 114 valence electrons. The lowest BCUT2D eigenvalue weighted by Gasteiger charge is -2.07. The lowest BCUT2D eigenvalue weighted by molar-refractivity contribution is -0.121. The van der Waals surface area contributed by atoms with Crippen molar-refractivity contribution in [1.29, 1.82) is 0 Å². The van der Waals surface area contributed by atoms with E-state index in [2.05, 4.69) is 32.6 Å². The van der Waals surface area contributed by atoms with Crippen molar-refractivity contribution in [2.24, 2.45) is 5.92 Å². The minimum Gasteiger partial charge on any atom is -0.356 e. The molecule has 1 amide bonds. The SMILES string of the molecule is O=C(C[C@@H]1C=CCC1)NCCc1nc(-c2cccnc2)no1. The summed E-state index contributed by atoms with van der Waals surface area (Å²) in [6, 6.07) is 3.70. The third-order valence-electron chi connectivity index (χ3n) is 3.61. The molecule has 0 aliphatic heterocycles. The molecule has 0 bridgehead atoms. The second-order valence-electron chi connectivity index (χ2n) is 5.32. The monoisotopic (exact) mass is 298 g/mol. The van der Waals surface area contributed by atoms with E-state index in [9.17, 15) is 4.79 Å². The number of pyridine rings is 1. The number of hydrogen-bond donors (Lipinski definition) is 1. The summed E-state index contributed by atoms with van der Waals surface area (Å²) in [4.78, 5) is 20.1.